The maximum Gasteiger partial charge on any atom is 0.142 e. The highest BCUT2D eigenvalue weighted by Gasteiger charge is 2.39. The number of methoxy groups -OCH3 is 1. The largest absolute Gasteiger partial charge is 0.495 e. The highest BCUT2D eigenvalue weighted by Crippen LogP contribution is 2.52. The number of benzene rings is 2. The van der Waals surface area contributed by atoms with E-state index in [9.17, 15) is 0 Å². The lowest BCUT2D eigenvalue weighted by molar-refractivity contribution is 0.397. The SMILES string of the molecule is COc1cccc2c1NC(c1ccccc1Br)C1CC=CC21. The summed E-state index contributed by atoms with van der Waals surface area (Å²) >= 11 is 3.71. The summed E-state index contributed by atoms with van der Waals surface area (Å²) in [6.45, 7) is 0. The van der Waals surface area contributed by atoms with Crippen LogP contribution in [0.25, 0.3) is 0 Å². The summed E-state index contributed by atoms with van der Waals surface area (Å²) in [5.41, 5.74) is 3.80. The molecule has 0 amide bonds. The van der Waals surface area contributed by atoms with Gasteiger partial charge in [0.1, 0.15) is 5.75 Å². The van der Waals surface area contributed by atoms with Gasteiger partial charge in [-0.05, 0) is 35.6 Å². The number of ether oxygens (including phenoxy) is 1. The van der Waals surface area contributed by atoms with E-state index in [-0.39, 0.29) is 0 Å². The first-order chi connectivity index (χ1) is 10.8. The molecule has 2 aliphatic rings. The minimum atomic E-state index is 0.291. The predicted molar refractivity (Wildman–Crippen MR) is 93.5 cm³/mol. The molecule has 2 aromatic carbocycles. The van der Waals surface area contributed by atoms with Gasteiger partial charge in [-0.25, -0.2) is 0 Å². The third-order valence-corrected chi connectivity index (χ3v) is 5.54. The van der Waals surface area contributed by atoms with Crippen molar-refractivity contribution < 1.29 is 4.74 Å². The molecule has 1 heterocycles. The molecule has 2 aromatic rings. The van der Waals surface area contributed by atoms with Crippen molar-refractivity contribution in [2.24, 2.45) is 5.92 Å². The average Bonchev–Trinajstić information content (AvgIpc) is 3.04. The van der Waals surface area contributed by atoms with E-state index in [1.807, 2.05) is 6.07 Å². The molecule has 3 unspecified atom stereocenters. The molecule has 0 radical (unpaired) electrons. The number of rotatable bonds is 2. The minimum absolute atomic E-state index is 0.291. The Morgan fingerprint density at radius 3 is 2.73 bits per heavy atom. The van der Waals surface area contributed by atoms with E-state index in [1.165, 1.54) is 11.1 Å². The van der Waals surface area contributed by atoms with E-state index in [1.54, 1.807) is 7.11 Å². The molecular formula is C19H18BrNO. The van der Waals surface area contributed by atoms with Gasteiger partial charge in [0.15, 0.2) is 0 Å². The zero-order chi connectivity index (χ0) is 15.1. The van der Waals surface area contributed by atoms with Crippen molar-refractivity contribution >= 4 is 21.6 Å². The molecule has 112 valence electrons. The Hall–Kier alpha value is -1.74. The van der Waals surface area contributed by atoms with Gasteiger partial charge in [-0.2, -0.15) is 0 Å². The molecular weight excluding hydrogens is 338 g/mol. The molecule has 22 heavy (non-hydrogen) atoms. The quantitative estimate of drug-likeness (QED) is 0.739. The number of halogens is 1. The van der Waals surface area contributed by atoms with Crippen LogP contribution in [0, 0.1) is 5.92 Å². The lowest BCUT2D eigenvalue weighted by Gasteiger charge is -2.38. The number of para-hydroxylation sites is 1. The van der Waals surface area contributed by atoms with Gasteiger partial charge in [-0.15, -0.1) is 0 Å². The Bertz CT molecular complexity index is 740. The van der Waals surface area contributed by atoms with Crippen LogP contribution in [0.3, 0.4) is 0 Å². The molecule has 0 bridgehead atoms. The highest BCUT2D eigenvalue weighted by molar-refractivity contribution is 9.10. The molecule has 0 saturated heterocycles. The van der Waals surface area contributed by atoms with Crippen molar-refractivity contribution in [3.63, 3.8) is 0 Å². The van der Waals surface area contributed by atoms with E-state index >= 15 is 0 Å². The molecule has 3 atom stereocenters. The van der Waals surface area contributed by atoms with Gasteiger partial charge in [0, 0.05) is 10.4 Å². The fourth-order valence-corrected chi connectivity index (χ4v) is 4.33. The maximum atomic E-state index is 5.58. The fraction of sp³-hybridized carbons (Fsp3) is 0.263. The van der Waals surface area contributed by atoms with Crippen molar-refractivity contribution in [1.29, 1.82) is 0 Å². The van der Waals surface area contributed by atoms with Gasteiger partial charge >= 0.3 is 0 Å². The maximum absolute atomic E-state index is 5.58. The van der Waals surface area contributed by atoms with Gasteiger partial charge in [0.2, 0.25) is 0 Å². The van der Waals surface area contributed by atoms with Gasteiger partial charge < -0.3 is 10.1 Å². The predicted octanol–water partition coefficient (Wildman–Crippen LogP) is 5.28. The van der Waals surface area contributed by atoms with E-state index in [4.69, 9.17) is 4.74 Å². The Balaban J connectivity index is 1.85. The first-order valence-corrected chi connectivity index (χ1v) is 8.43. The highest BCUT2D eigenvalue weighted by atomic mass is 79.9. The Kier molecular flexibility index (Phi) is 3.45. The van der Waals surface area contributed by atoms with Gasteiger partial charge in [-0.3, -0.25) is 0 Å². The third kappa shape index (κ3) is 2.07. The summed E-state index contributed by atoms with van der Waals surface area (Å²) < 4.78 is 6.74. The monoisotopic (exact) mass is 355 g/mol. The molecule has 4 rings (SSSR count). The fourth-order valence-electron chi connectivity index (χ4n) is 3.80. The second-order valence-electron chi connectivity index (χ2n) is 5.92. The van der Waals surface area contributed by atoms with Crippen molar-refractivity contribution in [2.75, 3.05) is 12.4 Å². The number of anilines is 1. The molecule has 2 nitrogen and oxygen atoms in total. The molecule has 1 aliphatic carbocycles. The van der Waals surface area contributed by atoms with Crippen LogP contribution in [0.2, 0.25) is 0 Å². The van der Waals surface area contributed by atoms with Crippen LogP contribution in [0.1, 0.15) is 29.5 Å². The molecule has 1 aliphatic heterocycles. The molecule has 3 heteroatoms. The number of hydrogen-bond acceptors (Lipinski definition) is 2. The van der Waals surface area contributed by atoms with Crippen LogP contribution in [-0.4, -0.2) is 7.11 Å². The van der Waals surface area contributed by atoms with Crippen molar-refractivity contribution in [3.8, 4) is 5.75 Å². The molecule has 0 fully saturated rings. The van der Waals surface area contributed by atoms with Gasteiger partial charge in [0.05, 0.1) is 18.8 Å². The Morgan fingerprint density at radius 2 is 1.91 bits per heavy atom. The van der Waals surface area contributed by atoms with Crippen LogP contribution < -0.4 is 10.1 Å². The lowest BCUT2D eigenvalue weighted by atomic mass is 9.77. The number of nitrogens with one attached hydrogen (secondary N) is 1. The van der Waals surface area contributed by atoms with Crippen LogP contribution in [0.15, 0.2) is 59.1 Å². The first-order valence-electron chi connectivity index (χ1n) is 7.64. The Morgan fingerprint density at radius 1 is 1.09 bits per heavy atom. The number of allylic oxidation sites excluding steroid dienone is 2. The van der Waals surface area contributed by atoms with Crippen molar-refractivity contribution in [2.45, 2.75) is 18.4 Å². The van der Waals surface area contributed by atoms with Crippen LogP contribution in [0.4, 0.5) is 5.69 Å². The van der Waals surface area contributed by atoms with E-state index < -0.39 is 0 Å². The molecule has 1 N–H and O–H groups in total. The van der Waals surface area contributed by atoms with Crippen molar-refractivity contribution in [1.82, 2.24) is 0 Å². The first kappa shape index (κ1) is 13.9. The Labute approximate surface area is 139 Å². The average molecular weight is 356 g/mol. The zero-order valence-corrected chi connectivity index (χ0v) is 14.0. The van der Waals surface area contributed by atoms with Crippen LogP contribution >= 0.6 is 15.9 Å². The second-order valence-corrected chi connectivity index (χ2v) is 6.78. The summed E-state index contributed by atoms with van der Waals surface area (Å²) in [6, 6.07) is 15.1. The minimum Gasteiger partial charge on any atom is -0.495 e. The standard InChI is InChI=1S/C19H18BrNO/c1-22-17-11-5-9-14-12-7-4-8-13(12)18(21-19(14)17)15-6-2-3-10-16(15)20/h2-7,9-13,18,21H,8H2,1H3. The van der Waals surface area contributed by atoms with E-state index in [2.05, 4.69) is 69.8 Å². The summed E-state index contributed by atoms with van der Waals surface area (Å²) in [4.78, 5) is 0. The summed E-state index contributed by atoms with van der Waals surface area (Å²) in [6.07, 6.45) is 5.78. The van der Waals surface area contributed by atoms with Gasteiger partial charge in [0.25, 0.3) is 0 Å². The second kappa shape index (κ2) is 5.47. The normalized spacial score (nSPS) is 25.3. The van der Waals surface area contributed by atoms with E-state index in [0.717, 1.165) is 22.3 Å². The number of fused-ring (bicyclic) bond motifs is 3. The topological polar surface area (TPSA) is 21.3 Å². The van der Waals surface area contributed by atoms with E-state index in [0.29, 0.717) is 17.9 Å². The van der Waals surface area contributed by atoms with Crippen LogP contribution in [0.5, 0.6) is 5.75 Å². The van der Waals surface area contributed by atoms with Crippen molar-refractivity contribution in [3.05, 3.63) is 70.2 Å². The summed E-state index contributed by atoms with van der Waals surface area (Å²) in [5.74, 6) is 1.94. The zero-order valence-electron chi connectivity index (χ0n) is 12.4. The molecule has 0 aromatic heterocycles. The van der Waals surface area contributed by atoms with Gasteiger partial charge in [-0.1, -0.05) is 58.4 Å². The third-order valence-electron chi connectivity index (χ3n) is 4.82. The number of hydrogen-bond donors (Lipinski definition) is 1. The molecule has 0 saturated carbocycles. The summed E-state index contributed by atoms with van der Waals surface area (Å²) in [5, 5.41) is 3.75. The molecule has 0 spiro atoms. The smallest absolute Gasteiger partial charge is 0.142 e. The summed E-state index contributed by atoms with van der Waals surface area (Å²) in [7, 11) is 1.74. The van der Waals surface area contributed by atoms with Crippen LogP contribution in [-0.2, 0) is 0 Å². The lowest BCUT2D eigenvalue weighted by Crippen LogP contribution is -2.29.